The number of hydroxylamine groups is 1. The lowest BCUT2D eigenvalue weighted by atomic mass is 9.69. The van der Waals surface area contributed by atoms with E-state index in [1.165, 1.54) is 0 Å². The molecule has 23 heavy (non-hydrogen) atoms. The number of nitrogens with one attached hydrogen (secondary N) is 1. The van der Waals surface area contributed by atoms with E-state index in [-0.39, 0.29) is 17.4 Å². The van der Waals surface area contributed by atoms with Crippen molar-refractivity contribution in [3.63, 3.8) is 0 Å². The van der Waals surface area contributed by atoms with Crippen LogP contribution >= 0.6 is 0 Å². The molecule has 2 N–H and O–H groups in total. The van der Waals surface area contributed by atoms with Crippen molar-refractivity contribution in [1.82, 2.24) is 10.4 Å². The lowest BCUT2D eigenvalue weighted by Gasteiger charge is -2.42. The predicted molar refractivity (Wildman–Crippen MR) is 83.3 cm³/mol. The van der Waals surface area contributed by atoms with Crippen LogP contribution in [0.2, 0.25) is 0 Å². The molecule has 0 spiro atoms. The zero-order valence-corrected chi connectivity index (χ0v) is 13.5. The summed E-state index contributed by atoms with van der Waals surface area (Å²) >= 11 is 0. The highest BCUT2D eigenvalue weighted by Crippen LogP contribution is 2.44. The van der Waals surface area contributed by atoms with Crippen LogP contribution in [-0.2, 0) is 4.79 Å². The first-order chi connectivity index (χ1) is 11.0. The molecule has 124 valence electrons. The quantitative estimate of drug-likeness (QED) is 0.648. The van der Waals surface area contributed by atoms with Gasteiger partial charge in [-0.25, -0.2) is 5.48 Å². The first kappa shape index (κ1) is 15.8. The minimum atomic E-state index is -0.580. The molecule has 0 aromatic heterocycles. The van der Waals surface area contributed by atoms with Crippen LogP contribution in [0.25, 0.3) is 0 Å². The van der Waals surface area contributed by atoms with Gasteiger partial charge < -0.3 is 9.64 Å². The summed E-state index contributed by atoms with van der Waals surface area (Å²) in [7, 11) is 0. The summed E-state index contributed by atoms with van der Waals surface area (Å²) in [6.45, 7) is 4.95. The number of amides is 2. The molecule has 1 saturated carbocycles. The SMILES string of the molecule is C[C@H]1c2ccc(C(=O)NO)cc2OCCN1C(=O)C1(C)CCC1. The molecule has 0 unspecified atom stereocenters. The molecule has 1 fully saturated rings. The summed E-state index contributed by atoms with van der Waals surface area (Å²) in [6.07, 6.45) is 2.99. The predicted octanol–water partition coefficient (Wildman–Crippen LogP) is 2.28. The number of benzene rings is 1. The number of hydrogen-bond donors (Lipinski definition) is 2. The van der Waals surface area contributed by atoms with Crippen LogP contribution in [0.3, 0.4) is 0 Å². The third-order valence-electron chi connectivity index (χ3n) is 5.12. The van der Waals surface area contributed by atoms with Crippen LogP contribution in [0.15, 0.2) is 18.2 Å². The molecular weight excluding hydrogens is 296 g/mol. The molecule has 1 aliphatic carbocycles. The Hall–Kier alpha value is -2.08. The van der Waals surface area contributed by atoms with E-state index in [0.717, 1.165) is 24.8 Å². The van der Waals surface area contributed by atoms with Gasteiger partial charge in [0.25, 0.3) is 5.91 Å². The Morgan fingerprint density at radius 2 is 2.13 bits per heavy atom. The van der Waals surface area contributed by atoms with Crippen molar-refractivity contribution in [3.05, 3.63) is 29.3 Å². The van der Waals surface area contributed by atoms with Gasteiger partial charge in [0, 0.05) is 16.5 Å². The minimum absolute atomic E-state index is 0.108. The second-order valence-corrected chi connectivity index (χ2v) is 6.63. The van der Waals surface area contributed by atoms with E-state index in [9.17, 15) is 9.59 Å². The highest BCUT2D eigenvalue weighted by molar-refractivity contribution is 5.94. The maximum atomic E-state index is 12.9. The zero-order valence-electron chi connectivity index (χ0n) is 13.5. The highest BCUT2D eigenvalue weighted by atomic mass is 16.5. The van der Waals surface area contributed by atoms with Crippen LogP contribution in [0.4, 0.5) is 0 Å². The lowest BCUT2D eigenvalue weighted by molar-refractivity contribution is -0.148. The Bertz CT molecular complexity index is 639. The number of carbonyl (C=O) groups excluding carboxylic acids is 2. The molecule has 0 saturated heterocycles. The Morgan fingerprint density at radius 3 is 2.74 bits per heavy atom. The van der Waals surface area contributed by atoms with Gasteiger partial charge in [-0.1, -0.05) is 19.4 Å². The zero-order chi connectivity index (χ0) is 16.6. The molecular formula is C17H22N2O4. The van der Waals surface area contributed by atoms with Gasteiger partial charge in [0.05, 0.1) is 12.6 Å². The Labute approximate surface area is 135 Å². The van der Waals surface area contributed by atoms with Crippen LogP contribution in [0, 0.1) is 5.41 Å². The van der Waals surface area contributed by atoms with Crippen molar-refractivity contribution in [3.8, 4) is 5.75 Å². The Balaban J connectivity index is 1.89. The smallest absolute Gasteiger partial charge is 0.274 e. The molecule has 1 atom stereocenters. The average Bonchev–Trinajstić information content (AvgIpc) is 2.70. The van der Waals surface area contributed by atoms with Crippen molar-refractivity contribution >= 4 is 11.8 Å². The molecule has 6 nitrogen and oxygen atoms in total. The summed E-state index contributed by atoms with van der Waals surface area (Å²) in [5.74, 6) is 0.195. The Morgan fingerprint density at radius 1 is 1.39 bits per heavy atom. The van der Waals surface area contributed by atoms with E-state index < -0.39 is 5.91 Å². The van der Waals surface area contributed by atoms with E-state index in [4.69, 9.17) is 9.94 Å². The fourth-order valence-corrected chi connectivity index (χ4v) is 3.37. The standard InChI is InChI=1S/C17H22N2O4/c1-11-13-5-4-12(15(20)18-22)10-14(13)23-9-8-19(11)16(21)17(2)6-3-7-17/h4-5,10-11,22H,3,6-9H2,1-2H3,(H,18,20)/t11-/m0/s1. The van der Waals surface area contributed by atoms with E-state index in [0.29, 0.717) is 24.5 Å². The van der Waals surface area contributed by atoms with Crippen molar-refractivity contribution < 1.29 is 19.5 Å². The second-order valence-electron chi connectivity index (χ2n) is 6.63. The molecule has 1 aromatic carbocycles. The number of ether oxygens (including phenoxy) is 1. The largest absolute Gasteiger partial charge is 0.491 e. The van der Waals surface area contributed by atoms with Gasteiger partial charge in [-0.3, -0.25) is 14.8 Å². The van der Waals surface area contributed by atoms with Gasteiger partial charge in [-0.15, -0.1) is 0 Å². The average molecular weight is 318 g/mol. The monoisotopic (exact) mass is 318 g/mol. The third-order valence-corrected chi connectivity index (χ3v) is 5.12. The fourth-order valence-electron chi connectivity index (χ4n) is 3.37. The number of nitrogens with zero attached hydrogens (tertiary/aromatic N) is 1. The number of hydrogen-bond acceptors (Lipinski definition) is 4. The normalized spacial score (nSPS) is 22.2. The molecule has 1 heterocycles. The number of fused-ring (bicyclic) bond motifs is 1. The van der Waals surface area contributed by atoms with Crippen LogP contribution in [-0.4, -0.2) is 35.1 Å². The van der Waals surface area contributed by atoms with Gasteiger partial charge in [-0.05, 0) is 31.9 Å². The van der Waals surface area contributed by atoms with Crippen LogP contribution in [0.1, 0.15) is 55.1 Å². The van der Waals surface area contributed by atoms with Crippen molar-refractivity contribution in [2.45, 2.75) is 39.2 Å². The van der Waals surface area contributed by atoms with Gasteiger partial charge in [0.2, 0.25) is 5.91 Å². The molecule has 1 aliphatic heterocycles. The molecule has 6 heteroatoms. The van der Waals surface area contributed by atoms with Crippen molar-refractivity contribution in [1.29, 1.82) is 0 Å². The molecule has 2 amide bonds. The Kier molecular flexibility index (Phi) is 4.02. The van der Waals surface area contributed by atoms with E-state index in [1.54, 1.807) is 23.7 Å². The summed E-state index contributed by atoms with van der Waals surface area (Å²) in [4.78, 5) is 26.3. The summed E-state index contributed by atoms with van der Waals surface area (Å²) < 4.78 is 5.74. The maximum Gasteiger partial charge on any atom is 0.274 e. The van der Waals surface area contributed by atoms with Crippen molar-refractivity contribution in [2.75, 3.05) is 13.2 Å². The highest BCUT2D eigenvalue weighted by Gasteiger charge is 2.43. The van der Waals surface area contributed by atoms with Gasteiger partial charge in [-0.2, -0.15) is 0 Å². The topological polar surface area (TPSA) is 78.9 Å². The summed E-state index contributed by atoms with van der Waals surface area (Å²) in [5, 5.41) is 8.74. The van der Waals surface area contributed by atoms with Gasteiger partial charge >= 0.3 is 0 Å². The van der Waals surface area contributed by atoms with Crippen LogP contribution in [0.5, 0.6) is 5.75 Å². The minimum Gasteiger partial charge on any atom is -0.491 e. The summed E-state index contributed by atoms with van der Waals surface area (Å²) in [6, 6.07) is 4.92. The summed E-state index contributed by atoms with van der Waals surface area (Å²) in [5.41, 5.74) is 2.58. The van der Waals surface area contributed by atoms with E-state index in [1.807, 2.05) is 18.7 Å². The third kappa shape index (κ3) is 2.67. The molecule has 0 radical (unpaired) electrons. The fraction of sp³-hybridized carbons (Fsp3) is 0.529. The number of rotatable bonds is 2. The van der Waals surface area contributed by atoms with E-state index in [2.05, 4.69) is 0 Å². The second kappa shape index (κ2) is 5.85. The first-order valence-electron chi connectivity index (χ1n) is 7.98. The molecule has 1 aromatic rings. The van der Waals surface area contributed by atoms with Crippen LogP contribution < -0.4 is 10.2 Å². The molecule has 3 rings (SSSR count). The number of carbonyl (C=O) groups is 2. The van der Waals surface area contributed by atoms with E-state index >= 15 is 0 Å². The molecule has 0 bridgehead atoms. The molecule has 2 aliphatic rings. The van der Waals surface area contributed by atoms with Gasteiger partial charge in [0.1, 0.15) is 12.4 Å². The van der Waals surface area contributed by atoms with Crippen molar-refractivity contribution in [2.24, 2.45) is 5.41 Å². The first-order valence-corrected chi connectivity index (χ1v) is 7.98. The lowest BCUT2D eigenvalue weighted by Crippen LogP contribution is -2.47. The van der Waals surface area contributed by atoms with Gasteiger partial charge in [0.15, 0.2) is 0 Å². The maximum absolute atomic E-state index is 12.9.